The maximum atomic E-state index is 13.0. The highest BCUT2D eigenvalue weighted by Crippen LogP contribution is 2.26. The van der Waals surface area contributed by atoms with Gasteiger partial charge in [0, 0.05) is 18.0 Å². The number of nitrogens with one attached hydrogen (secondary N) is 1. The Kier molecular flexibility index (Phi) is 7.43. The fourth-order valence-corrected chi connectivity index (χ4v) is 4.03. The Morgan fingerprint density at radius 2 is 1.86 bits per heavy atom. The average Bonchev–Trinajstić information content (AvgIpc) is 2.60. The number of rotatable bonds is 8. The first-order chi connectivity index (χ1) is 13.1. The van der Waals surface area contributed by atoms with E-state index in [1.54, 1.807) is 37.3 Å². The summed E-state index contributed by atoms with van der Waals surface area (Å²) >= 11 is 6.01. The minimum Gasteiger partial charge on any atom is -0.350 e. The second-order valence-corrected chi connectivity index (χ2v) is 9.05. The van der Waals surface area contributed by atoms with Gasteiger partial charge in [-0.3, -0.25) is 9.10 Å². The van der Waals surface area contributed by atoms with Crippen molar-refractivity contribution in [2.75, 3.05) is 17.1 Å². The van der Waals surface area contributed by atoms with Crippen LogP contribution in [0.25, 0.3) is 0 Å². The van der Waals surface area contributed by atoms with E-state index in [0.29, 0.717) is 17.1 Å². The molecule has 1 amide bonds. The molecule has 2 aromatic rings. The van der Waals surface area contributed by atoms with Crippen LogP contribution in [0, 0.1) is 12.7 Å². The van der Waals surface area contributed by atoms with Crippen LogP contribution in [0.5, 0.6) is 0 Å². The summed E-state index contributed by atoms with van der Waals surface area (Å²) < 4.78 is 38.7. The van der Waals surface area contributed by atoms with Crippen LogP contribution in [-0.2, 0) is 14.8 Å². The highest BCUT2D eigenvalue weighted by atomic mass is 35.5. The van der Waals surface area contributed by atoms with Crippen molar-refractivity contribution in [1.29, 1.82) is 0 Å². The number of nitrogens with zero attached hydrogens (tertiary/aromatic N) is 1. The van der Waals surface area contributed by atoms with E-state index in [2.05, 4.69) is 5.32 Å². The van der Waals surface area contributed by atoms with Gasteiger partial charge in [-0.15, -0.1) is 0 Å². The highest BCUT2D eigenvalue weighted by molar-refractivity contribution is 7.92. The van der Waals surface area contributed by atoms with Gasteiger partial charge < -0.3 is 5.32 Å². The Hall–Kier alpha value is -2.12. The Labute approximate surface area is 170 Å². The van der Waals surface area contributed by atoms with Crippen molar-refractivity contribution < 1.29 is 17.6 Å². The standard InChI is InChI=1S/C20H24ClFN2O3S/c1-14-6-9-17(21)13-19(14)24(28(3,26)27)12-4-5-20(25)23-15(2)16-7-10-18(22)11-8-16/h6-11,13,15H,4-5,12H2,1-3H3,(H,23,25)/t15-/m0/s1. The number of sulfonamides is 1. The van der Waals surface area contributed by atoms with E-state index in [1.165, 1.54) is 16.4 Å². The second kappa shape index (κ2) is 9.39. The summed E-state index contributed by atoms with van der Waals surface area (Å²) in [5.41, 5.74) is 2.08. The molecule has 5 nitrogen and oxygen atoms in total. The van der Waals surface area contributed by atoms with Gasteiger partial charge in [0.05, 0.1) is 18.0 Å². The molecular weight excluding hydrogens is 403 g/mol. The first kappa shape index (κ1) is 22.2. The van der Waals surface area contributed by atoms with Gasteiger partial charge in [0.15, 0.2) is 0 Å². The minimum absolute atomic E-state index is 0.164. The molecule has 8 heteroatoms. The van der Waals surface area contributed by atoms with E-state index >= 15 is 0 Å². The third-order valence-electron chi connectivity index (χ3n) is 4.35. The molecule has 0 aliphatic carbocycles. The van der Waals surface area contributed by atoms with Gasteiger partial charge in [-0.05, 0) is 55.7 Å². The predicted octanol–water partition coefficient (Wildman–Crippen LogP) is 4.21. The number of hydrogen-bond donors (Lipinski definition) is 1. The van der Waals surface area contributed by atoms with E-state index in [-0.39, 0.29) is 30.7 Å². The molecule has 1 N–H and O–H groups in total. The topological polar surface area (TPSA) is 66.5 Å². The van der Waals surface area contributed by atoms with E-state index in [1.807, 2.05) is 6.92 Å². The van der Waals surface area contributed by atoms with E-state index in [9.17, 15) is 17.6 Å². The number of benzene rings is 2. The Morgan fingerprint density at radius 3 is 2.46 bits per heavy atom. The van der Waals surface area contributed by atoms with E-state index in [4.69, 9.17) is 11.6 Å². The van der Waals surface area contributed by atoms with Crippen molar-refractivity contribution in [3.63, 3.8) is 0 Å². The molecule has 0 aliphatic heterocycles. The average molecular weight is 427 g/mol. The van der Waals surface area contributed by atoms with Gasteiger partial charge in [0.2, 0.25) is 15.9 Å². The Balaban J connectivity index is 1.97. The van der Waals surface area contributed by atoms with Gasteiger partial charge in [-0.1, -0.05) is 29.8 Å². The van der Waals surface area contributed by atoms with Crippen LogP contribution in [-0.4, -0.2) is 27.1 Å². The molecule has 2 rings (SSSR count). The number of carbonyl (C=O) groups excluding carboxylic acids is 1. The molecule has 0 aromatic heterocycles. The lowest BCUT2D eigenvalue weighted by Gasteiger charge is -2.24. The minimum atomic E-state index is -3.52. The lowest BCUT2D eigenvalue weighted by molar-refractivity contribution is -0.121. The van der Waals surface area contributed by atoms with Gasteiger partial charge >= 0.3 is 0 Å². The van der Waals surface area contributed by atoms with Gasteiger partial charge in [0.25, 0.3) is 0 Å². The quantitative estimate of drug-likeness (QED) is 0.687. The molecule has 0 unspecified atom stereocenters. The van der Waals surface area contributed by atoms with Crippen LogP contribution in [0.1, 0.15) is 36.9 Å². The molecule has 0 bridgehead atoms. The second-order valence-electron chi connectivity index (χ2n) is 6.71. The normalized spacial score (nSPS) is 12.5. The Bertz CT molecular complexity index is 933. The lowest BCUT2D eigenvalue weighted by atomic mass is 10.1. The van der Waals surface area contributed by atoms with Gasteiger partial charge in [-0.2, -0.15) is 0 Å². The van der Waals surface area contributed by atoms with Crippen LogP contribution in [0.2, 0.25) is 5.02 Å². The van der Waals surface area contributed by atoms with Crippen LogP contribution in [0.4, 0.5) is 10.1 Å². The van der Waals surface area contributed by atoms with Crippen LogP contribution in [0.3, 0.4) is 0 Å². The number of hydrogen-bond acceptors (Lipinski definition) is 3. The lowest BCUT2D eigenvalue weighted by Crippen LogP contribution is -2.33. The summed E-state index contributed by atoms with van der Waals surface area (Å²) in [5, 5.41) is 3.28. The molecule has 28 heavy (non-hydrogen) atoms. The molecular formula is C20H24ClFN2O3S. The fourth-order valence-electron chi connectivity index (χ4n) is 2.85. The number of amides is 1. The van der Waals surface area contributed by atoms with Gasteiger partial charge in [-0.25, -0.2) is 12.8 Å². The predicted molar refractivity (Wildman–Crippen MR) is 111 cm³/mol. The molecule has 1 atom stereocenters. The SMILES string of the molecule is Cc1ccc(Cl)cc1N(CCCC(=O)N[C@@H](C)c1ccc(F)cc1)S(C)(=O)=O. The van der Waals surface area contributed by atoms with E-state index < -0.39 is 10.0 Å². The molecule has 0 saturated heterocycles. The smallest absolute Gasteiger partial charge is 0.232 e. The fraction of sp³-hybridized carbons (Fsp3) is 0.350. The monoisotopic (exact) mass is 426 g/mol. The summed E-state index contributed by atoms with van der Waals surface area (Å²) in [7, 11) is -3.52. The van der Waals surface area contributed by atoms with Crippen LogP contribution in [0.15, 0.2) is 42.5 Å². The summed E-state index contributed by atoms with van der Waals surface area (Å²) in [6.45, 7) is 3.78. The van der Waals surface area contributed by atoms with Crippen LogP contribution >= 0.6 is 11.6 Å². The van der Waals surface area contributed by atoms with E-state index in [0.717, 1.165) is 17.4 Å². The highest BCUT2D eigenvalue weighted by Gasteiger charge is 2.20. The molecule has 0 spiro atoms. The number of aryl methyl sites for hydroxylation is 1. The van der Waals surface area contributed by atoms with Crippen molar-refractivity contribution in [3.8, 4) is 0 Å². The van der Waals surface area contributed by atoms with Crippen LogP contribution < -0.4 is 9.62 Å². The first-order valence-corrected chi connectivity index (χ1v) is 11.1. The molecule has 0 fully saturated rings. The Morgan fingerprint density at radius 1 is 1.21 bits per heavy atom. The van der Waals surface area contributed by atoms with Crippen molar-refractivity contribution in [2.45, 2.75) is 32.7 Å². The maximum Gasteiger partial charge on any atom is 0.232 e. The third-order valence-corrected chi connectivity index (χ3v) is 5.77. The summed E-state index contributed by atoms with van der Waals surface area (Å²) in [6.07, 6.45) is 1.64. The number of halogens is 2. The summed E-state index contributed by atoms with van der Waals surface area (Å²) in [4.78, 5) is 12.2. The zero-order valence-corrected chi connectivity index (χ0v) is 17.6. The zero-order valence-electron chi connectivity index (χ0n) is 16.1. The number of carbonyl (C=O) groups is 1. The molecule has 0 radical (unpaired) electrons. The van der Waals surface area contributed by atoms with Crippen molar-refractivity contribution in [1.82, 2.24) is 5.32 Å². The van der Waals surface area contributed by atoms with Crippen molar-refractivity contribution >= 4 is 33.2 Å². The van der Waals surface area contributed by atoms with Crippen molar-refractivity contribution in [2.24, 2.45) is 0 Å². The molecule has 0 saturated carbocycles. The number of anilines is 1. The first-order valence-electron chi connectivity index (χ1n) is 8.86. The molecule has 0 heterocycles. The molecule has 2 aromatic carbocycles. The zero-order chi connectivity index (χ0) is 20.9. The van der Waals surface area contributed by atoms with Gasteiger partial charge in [0.1, 0.15) is 5.82 Å². The van der Waals surface area contributed by atoms with Crippen molar-refractivity contribution in [3.05, 3.63) is 64.4 Å². The summed E-state index contributed by atoms with van der Waals surface area (Å²) in [5.74, 6) is -0.535. The largest absolute Gasteiger partial charge is 0.350 e. The maximum absolute atomic E-state index is 13.0. The molecule has 152 valence electrons. The third kappa shape index (κ3) is 6.21. The summed E-state index contributed by atoms with van der Waals surface area (Å²) in [6, 6.07) is 10.7. The molecule has 0 aliphatic rings.